The van der Waals surface area contributed by atoms with E-state index in [4.69, 9.17) is 47.7 Å². The van der Waals surface area contributed by atoms with Crippen molar-refractivity contribution in [1.82, 2.24) is 0 Å². The number of carbonyl (C=O) groups excluding carboxylic acids is 2. The fourth-order valence-electron chi connectivity index (χ4n) is 9.78. The van der Waals surface area contributed by atoms with Crippen LogP contribution in [0, 0.1) is 17.8 Å². The molecule has 360 valence electrons. The van der Waals surface area contributed by atoms with Crippen LogP contribution in [0.5, 0.6) is 0 Å². The first kappa shape index (κ1) is 49.9. The second-order valence-electron chi connectivity index (χ2n) is 17.6. The van der Waals surface area contributed by atoms with Crippen LogP contribution in [-0.2, 0) is 57.0 Å². The minimum absolute atomic E-state index is 0.0312. The van der Waals surface area contributed by atoms with Crippen molar-refractivity contribution in [2.75, 3.05) is 27.4 Å². The van der Waals surface area contributed by atoms with Crippen LogP contribution in [0.1, 0.15) is 64.2 Å². The molecule has 3 heterocycles. The Morgan fingerprint density at radius 2 is 1.14 bits per heavy atom. The topological polar surface area (TPSA) is 337 Å². The van der Waals surface area contributed by atoms with Crippen molar-refractivity contribution in [1.29, 1.82) is 0 Å². The van der Waals surface area contributed by atoms with Crippen molar-refractivity contribution in [2.24, 2.45) is 17.8 Å². The molecule has 6 aliphatic rings. The lowest BCUT2D eigenvalue weighted by atomic mass is 9.72. The Balaban J connectivity index is 1.20. The summed E-state index contributed by atoms with van der Waals surface area (Å²) >= 11 is 0. The van der Waals surface area contributed by atoms with Crippen molar-refractivity contribution < 1.29 is 108 Å². The molecule has 0 amide bonds. The lowest BCUT2D eigenvalue weighted by molar-refractivity contribution is -0.345. The third kappa shape index (κ3) is 12.3. The molecule has 0 aromatic carbocycles. The van der Waals surface area contributed by atoms with Gasteiger partial charge in [0.15, 0.2) is 12.6 Å². The summed E-state index contributed by atoms with van der Waals surface area (Å²) in [5.41, 5.74) is 0. The molecule has 6 fully saturated rings. The smallest absolute Gasteiger partial charge is 0.330 e. The van der Waals surface area contributed by atoms with Crippen LogP contribution in [-0.4, -0.2) is 213 Å². The van der Waals surface area contributed by atoms with Crippen molar-refractivity contribution in [3.63, 3.8) is 0 Å². The first-order valence-electron chi connectivity index (χ1n) is 21.7. The Kier molecular flexibility index (Phi) is 17.7. The van der Waals surface area contributed by atoms with E-state index in [1.165, 1.54) is 20.3 Å². The molecule has 3 saturated carbocycles. The highest BCUT2D eigenvalue weighted by molar-refractivity contribution is 5.90. The van der Waals surface area contributed by atoms with Gasteiger partial charge < -0.3 is 93.7 Å². The number of methoxy groups -OCH3 is 2. The van der Waals surface area contributed by atoms with Gasteiger partial charge in [0, 0.05) is 32.6 Å². The number of hydrogen-bond acceptors (Lipinski definition) is 21. The van der Waals surface area contributed by atoms with Crippen LogP contribution < -0.4 is 0 Å². The first-order valence-corrected chi connectivity index (χ1v) is 21.7. The largest absolute Gasteiger partial charge is 0.481 e. The lowest BCUT2D eigenvalue weighted by Gasteiger charge is -2.53. The molecule has 0 spiro atoms. The Labute approximate surface area is 363 Å². The van der Waals surface area contributed by atoms with Gasteiger partial charge in [-0.15, -0.1) is 0 Å². The molecule has 3 saturated heterocycles. The fraction of sp³-hybridized carbons (Fsp3) is 0.878. The number of rotatable bonds is 15. The summed E-state index contributed by atoms with van der Waals surface area (Å²) < 4.78 is 52.7. The van der Waals surface area contributed by atoms with Gasteiger partial charge in [0.25, 0.3) is 0 Å². The predicted octanol–water partition coefficient (Wildman–Crippen LogP) is -3.23. The molecule has 10 N–H and O–H groups in total. The molecule has 63 heavy (non-hydrogen) atoms. The van der Waals surface area contributed by atoms with Crippen LogP contribution in [0.2, 0.25) is 0 Å². The second kappa shape index (κ2) is 22.3. The highest BCUT2D eigenvalue weighted by atomic mass is 16.7. The molecule has 0 aromatic rings. The van der Waals surface area contributed by atoms with Gasteiger partial charge in [-0.2, -0.15) is 0 Å². The van der Waals surface area contributed by atoms with Crippen molar-refractivity contribution in [3.05, 3.63) is 12.2 Å². The van der Waals surface area contributed by atoms with Crippen molar-refractivity contribution >= 4 is 17.9 Å². The maximum Gasteiger partial charge on any atom is 0.330 e. The van der Waals surface area contributed by atoms with E-state index >= 15 is 0 Å². The summed E-state index contributed by atoms with van der Waals surface area (Å²) in [5, 5.41) is 106. The van der Waals surface area contributed by atoms with Crippen LogP contribution in [0.15, 0.2) is 12.2 Å². The number of aliphatic hydroxyl groups is 9. The number of aliphatic carboxylic acids is 1. The van der Waals surface area contributed by atoms with E-state index in [2.05, 4.69) is 0 Å². The minimum Gasteiger partial charge on any atom is -0.481 e. The molecular formula is C41H64O22. The molecule has 6 rings (SSSR count). The number of esters is 2. The van der Waals surface area contributed by atoms with E-state index in [9.17, 15) is 60.3 Å². The SMILES string of the molecule is COC1CC(C2OC3CC(O)CC(OC4OC(COC(=O)CC(=O)O)C(O)C(O)C4O)C3CC2OC2OC(COC(=O)C=CC3CCC(O)CC3)C(O)C(O)C2O)CC(OC)C1O. The zero-order valence-electron chi connectivity index (χ0n) is 35.2. The van der Waals surface area contributed by atoms with Gasteiger partial charge in [-0.05, 0) is 63.2 Å². The van der Waals surface area contributed by atoms with Crippen LogP contribution in [0.4, 0.5) is 0 Å². The summed E-state index contributed by atoms with van der Waals surface area (Å²) in [4.78, 5) is 35.5. The van der Waals surface area contributed by atoms with Crippen LogP contribution in [0.25, 0.3) is 0 Å². The lowest BCUT2D eigenvalue weighted by Crippen LogP contribution is -2.64. The summed E-state index contributed by atoms with van der Waals surface area (Å²) in [6, 6.07) is 0. The highest BCUT2D eigenvalue weighted by Gasteiger charge is 2.55. The average molecular weight is 909 g/mol. The molecule has 0 bridgehead atoms. The molecule has 18 atom stereocenters. The van der Waals surface area contributed by atoms with Gasteiger partial charge in [0.2, 0.25) is 0 Å². The normalized spacial score (nSPS) is 45.9. The van der Waals surface area contributed by atoms with Gasteiger partial charge in [0.05, 0.1) is 48.8 Å². The summed E-state index contributed by atoms with van der Waals surface area (Å²) in [6.45, 7) is -1.21. The highest BCUT2D eigenvalue weighted by Crippen LogP contribution is 2.45. The monoisotopic (exact) mass is 908 g/mol. The van der Waals surface area contributed by atoms with E-state index in [-0.39, 0.29) is 44.1 Å². The van der Waals surface area contributed by atoms with E-state index in [0.29, 0.717) is 25.7 Å². The minimum atomic E-state index is -1.86. The maximum atomic E-state index is 12.7. The number of fused-ring (bicyclic) bond motifs is 1. The molecule has 0 radical (unpaired) electrons. The zero-order valence-corrected chi connectivity index (χ0v) is 35.2. The maximum absolute atomic E-state index is 12.7. The molecule has 3 aliphatic carbocycles. The number of aliphatic hydroxyl groups excluding tert-OH is 9. The van der Waals surface area contributed by atoms with Crippen molar-refractivity contribution in [2.45, 2.75) is 181 Å². The summed E-state index contributed by atoms with van der Waals surface area (Å²) in [6.07, 6.45) is -18.8. The first-order chi connectivity index (χ1) is 30.0. The van der Waals surface area contributed by atoms with E-state index in [1.54, 1.807) is 6.08 Å². The molecule has 22 heteroatoms. The van der Waals surface area contributed by atoms with Crippen LogP contribution >= 0.6 is 0 Å². The predicted molar refractivity (Wildman–Crippen MR) is 207 cm³/mol. The Morgan fingerprint density at radius 1 is 0.587 bits per heavy atom. The Hall–Kier alpha value is -2.49. The molecular weight excluding hydrogens is 844 g/mol. The van der Waals surface area contributed by atoms with Gasteiger partial charge in [-0.25, -0.2) is 4.79 Å². The third-order valence-corrected chi connectivity index (χ3v) is 13.4. The summed E-state index contributed by atoms with van der Waals surface area (Å²) in [7, 11) is 2.89. The Morgan fingerprint density at radius 3 is 1.70 bits per heavy atom. The number of carboxylic acid groups (broad SMARTS) is 1. The standard InChI is InChI=1S/C41H64O22/c1-55-24-9-18(10-25(56-2)32(24)48)39-26(61-41-38(54)36(52)33(49)27(63-41)15-57-30(46)8-5-17-3-6-19(42)7-4-17)13-21-22(59-39)11-20(43)12-23(21)60-40-37(53)35(51)34(50)28(62-40)16-58-31(47)14-29(44)45/h5,8,17-28,32-43,48-54H,3-4,6-7,9-16H2,1-2H3,(H,44,45). The van der Waals surface area contributed by atoms with E-state index in [1.807, 2.05) is 0 Å². The molecule has 18 unspecified atom stereocenters. The Bertz CT molecular complexity index is 1510. The number of allylic oxidation sites excluding steroid dienone is 1. The average Bonchev–Trinajstić information content (AvgIpc) is 3.25. The van der Waals surface area contributed by atoms with Gasteiger partial charge in [-0.3, -0.25) is 9.59 Å². The number of hydrogen-bond donors (Lipinski definition) is 10. The van der Waals surface area contributed by atoms with Gasteiger partial charge in [-0.1, -0.05) is 6.08 Å². The number of carbonyl (C=O) groups is 3. The summed E-state index contributed by atoms with van der Waals surface area (Å²) in [5.74, 6) is -4.32. The van der Waals surface area contributed by atoms with Crippen LogP contribution in [0.3, 0.4) is 0 Å². The zero-order chi connectivity index (χ0) is 45.7. The van der Waals surface area contributed by atoms with E-state index < -0.39 is 160 Å². The molecule has 0 aromatic heterocycles. The number of ether oxygens (including phenoxy) is 9. The fourth-order valence-corrected chi connectivity index (χ4v) is 9.78. The number of carboxylic acids is 1. The third-order valence-electron chi connectivity index (χ3n) is 13.4. The molecule has 3 aliphatic heterocycles. The van der Waals surface area contributed by atoms with Gasteiger partial charge in [0.1, 0.15) is 74.6 Å². The second-order valence-corrected chi connectivity index (χ2v) is 17.6. The van der Waals surface area contributed by atoms with Crippen molar-refractivity contribution in [3.8, 4) is 0 Å². The van der Waals surface area contributed by atoms with Gasteiger partial charge >= 0.3 is 17.9 Å². The quantitative estimate of drug-likeness (QED) is 0.0439. The van der Waals surface area contributed by atoms with E-state index in [0.717, 1.165) is 0 Å². The molecule has 22 nitrogen and oxygen atoms in total.